The molecule has 6 nitrogen and oxygen atoms in total. The molecule has 3 aromatic rings. The number of aromatic nitrogens is 2. The molecule has 0 unspecified atom stereocenters. The first-order chi connectivity index (χ1) is 13.0. The molecule has 1 amide bonds. The monoisotopic (exact) mass is 402 g/mol. The number of aryl methyl sites for hydroxylation is 1. The maximum atomic E-state index is 12.6. The molecular weight excluding hydrogens is 387 g/mol. The molecule has 0 atom stereocenters. The zero-order valence-electron chi connectivity index (χ0n) is 14.4. The minimum absolute atomic E-state index is 0.126. The Bertz CT molecular complexity index is 1070. The average molecular weight is 403 g/mol. The number of hydrazone groups is 1. The van der Waals surface area contributed by atoms with Gasteiger partial charge in [-0.1, -0.05) is 54.4 Å². The second kappa shape index (κ2) is 8.33. The Balaban J connectivity index is 1.95. The summed E-state index contributed by atoms with van der Waals surface area (Å²) in [4.78, 5) is 25.1. The van der Waals surface area contributed by atoms with Crippen LogP contribution in [0.2, 0.25) is 10.0 Å². The van der Waals surface area contributed by atoms with E-state index >= 15 is 0 Å². The number of hydrogen-bond donors (Lipinski definition) is 1. The van der Waals surface area contributed by atoms with Crippen LogP contribution < -0.4 is 11.0 Å². The van der Waals surface area contributed by atoms with Crippen LogP contribution in [-0.2, 0) is 6.54 Å². The number of amides is 1. The summed E-state index contributed by atoms with van der Waals surface area (Å²) < 4.78 is 1.30. The van der Waals surface area contributed by atoms with Gasteiger partial charge in [0.25, 0.3) is 11.5 Å². The van der Waals surface area contributed by atoms with Gasteiger partial charge in [0.1, 0.15) is 0 Å². The number of carbonyl (C=O) groups excluding carboxylic acids is 1. The number of halogens is 2. The summed E-state index contributed by atoms with van der Waals surface area (Å²) in [5.41, 5.74) is 2.81. The fourth-order valence-electron chi connectivity index (χ4n) is 2.61. The number of benzene rings is 2. The molecule has 0 aliphatic rings. The molecule has 2 aromatic carbocycles. The molecule has 0 spiro atoms. The molecule has 0 aliphatic carbocycles. The predicted octanol–water partition coefficient (Wildman–Crippen LogP) is 3.88. The lowest BCUT2D eigenvalue weighted by Crippen LogP contribution is -2.29. The fraction of sp³-hybridized carbons (Fsp3) is 0.158. The largest absolute Gasteiger partial charge is 0.292 e. The summed E-state index contributed by atoms with van der Waals surface area (Å²) in [5.74, 6) is -0.532. The van der Waals surface area contributed by atoms with E-state index in [0.29, 0.717) is 32.9 Å². The summed E-state index contributed by atoms with van der Waals surface area (Å²) >= 11 is 12.1. The number of carbonyl (C=O) groups is 1. The van der Waals surface area contributed by atoms with Crippen molar-refractivity contribution in [1.29, 1.82) is 0 Å². The van der Waals surface area contributed by atoms with E-state index in [1.165, 1.54) is 10.9 Å². The Morgan fingerprint density at radius 1 is 1.15 bits per heavy atom. The van der Waals surface area contributed by atoms with Crippen LogP contribution in [-0.4, -0.2) is 21.9 Å². The Morgan fingerprint density at radius 2 is 1.81 bits per heavy atom. The molecule has 1 heterocycles. The van der Waals surface area contributed by atoms with E-state index in [0.717, 1.165) is 6.42 Å². The first-order valence-corrected chi connectivity index (χ1v) is 9.05. The first-order valence-electron chi connectivity index (χ1n) is 8.30. The molecule has 8 heteroatoms. The Hall–Kier alpha value is -2.70. The number of hydrogen-bond acceptors (Lipinski definition) is 4. The Morgan fingerprint density at radius 3 is 2.48 bits per heavy atom. The van der Waals surface area contributed by atoms with Gasteiger partial charge in [-0.3, -0.25) is 9.59 Å². The van der Waals surface area contributed by atoms with Crippen molar-refractivity contribution in [2.45, 2.75) is 19.9 Å². The van der Waals surface area contributed by atoms with E-state index in [1.54, 1.807) is 42.5 Å². The van der Waals surface area contributed by atoms with Crippen LogP contribution in [0.25, 0.3) is 10.8 Å². The lowest BCUT2D eigenvalue weighted by atomic mass is 10.1. The molecule has 138 valence electrons. The Labute approximate surface area is 165 Å². The maximum absolute atomic E-state index is 12.6. The SMILES string of the molecule is CCCn1nc(C(=O)N/N=C\c2c(Cl)cccc2Cl)c2ccccc2c1=O. The second-order valence-electron chi connectivity index (χ2n) is 5.76. The van der Waals surface area contributed by atoms with E-state index in [2.05, 4.69) is 15.6 Å². The standard InChI is InChI=1S/C19H16Cl2N4O2/c1-2-10-25-19(27)13-7-4-3-6-12(13)17(24-25)18(26)23-22-11-14-15(20)8-5-9-16(14)21/h3-9,11H,2,10H2,1H3,(H,23,26)/b22-11-. The number of rotatable bonds is 5. The molecule has 1 aromatic heterocycles. The van der Waals surface area contributed by atoms with Crippen molar-refractivity contribution in [2.75, 3.05) is 0 Å². The summed E-state index contributed by atoms with van der Waals surface area (Å²) in [6.45, 7) is 2.35. The van der Waals surface area contributed by atoms with Crippen LogP contribution >= 0.6 is 23.2 Å². The third-order valence-electron chi connectivity index (χ3n) is 3.88. The third-order valence-corrected chi connectivity index (χ3v) is 4.54. The van der Waals surface area contributed by atoms with Gasteiger partial charge in [-0.2, -0.15) is 10.2 Å². The van der Waals surface area contributed by atoms with E-state index in [4.69, 9.17) is 23.2 Å². The molecule has 1 N–H and O–H groups in total. The normalized spacial score (nSPS) is 11.2. The van der Waals surface area contributed by atoms with Crippen LogP contribution in [0.1, 0.15) is 29.4 Å². The van der Waals surface area contributed by atoms with Gasteiger partial charge >= 0.3 is 0 Å². The van der Waals surface area contributed by atoms with E-state index in [-0.39, 0.29) is 11.3 Å². The van der Waals surface area contributed by atoms with Crippen molar-refractivity contribution in [1.82, 2.24) is 15.2 Å². The summed E-state index contributed by atoms with van der Waals surface area (Å²) in [7, 11) is 0. The molecule has 0 aliphatic heterocycles. The van der Waals surface area contributed by atoms with Crippen molar-refractivity contribution in [3.05, 3.63) is 74.1 Å². The third kappa shape index (κ3) is 4.02. The predicted molar refractivity (Wildman–Crippen MR) is 108 cm³/mol. The molecule has 3 rings (SSSR count). The maximum Gasteiger partial charge on any atom is 0.292 e. The highest BCUT2D eigenvalue weighted by Crippen LogP contribution is 2.22. The van der Waals surface area contributed by atoms with Crippen LogP contribution in [0.5, 0.6) is 0 Å². The van der Waals surface area contributed by atoms with E-state index < -0.39 is 5.91 Å². The highest BCUT2D eigenvalue weighted by Gasteiger charge is 2.16. The molecule has 0 fully saturated rings. The van der Waals surface area contributed by atoms with Crippen LogP contribution in [0.4, 0.5) is 0 Å². The quantitative estimate of drug-likeness (QED) is 0.519. The number of nitrogens with one attached hydrogen (secondary N) is 1. The molecule has 0 saturated heterocycles. The van der Waals surface area contributed by atoms with Crippen LogP contribution in [0.3, 0.4) is 0 Å². The topological polar surface area (TPSA) is 76.3 Å². The van der Waals surface area contributed by atoms with Crippen molar-refractivity contribution in [2.24, 2.45) is 5.10 Å². The minimum Gasteiger partial charge on any atom is -0.267 e. The van der Waals surface area contributed by atoms with Crippen molar-refractivity contribution in [3.63, 3.8) is 0 Å². The van der Waals surface area contributed by atoms with Crippen molar-refractivity contribution < 1.29 is 4.79 Å². The molecular formula is C19H16Cl2N4O2. The van der Waals surface area contributed by atoms with Gasteiger partial charge in [-0.15, -0.1) is 0 Å². The molecule has 0 bridgehead atoms. The van der Waals surface area contributed by atoms with Gasteiger partial charge in [0.2, 0.25) is 0 Å². The van der Waals surface area contributed by atoms with Gasteiger partial charge in [-0.25, -0.2) is 10.1 Å². The minimum atomic E-state index is -0.532. The second-order valence-corrected chi connectivity index (χ2v) is 6.57. The average Bonchev–Trinajstić information content (AvgIpc) is 2.66. The summed E-state index contributed by atoms with van der Waals surface area (Å²) in [6.07, 6.45) is 2.09. The van der Waals surface area contributed by atoms with Crippen LogP contribution in [0.15, 0.2) is 52.4 Å². The summed E-state index contributed by atoms with van der Waals surface area (Å²) in [5, 5.41) is 9.88. The van der Waals surface area contributed by atoms with Crippen LogP contribution in [0, 0.1) is 0 Å². The lowest BCUT2D eigenvalue weighted by Gasteiger charge is -2.09. The number of fused-ring (bicyclic) bond motifs is 1. The van der Waals surface area contributed by atoms with Crippen molar-refractivity contribution >= 4 is 46.1 Å². The molecule has 0 radical (unpaired) electrons. The van der Waals surface area contributed by atoms with Gasteiger partial charge in [-0.05, 0) is 24.6 Å². The zero-order valence-corrected chi connectivity index (χ0v) is 16.0. The van der Waals surface area contributed by atoms with Gasteiger partial charge < -0.3 is 0 Å². The Kier molecular flexibility index (Phi) is 5.88. The van der Waals surface area contributed by atoms with Gasteiger partial charge in [0.05, 0.1) is 21.6 Å². The fourth-order valence-corrected chi connectivity index (χ4v) is 3.10. The highest BCUT2D eigenvalue weighted by molar-refractivity contribution is 6.38. The smallest absolute Gasteiger partial charge is 0.267 e. The van der Waals surface area contributed by atoms with E-state index in [9.17, 15) is 9.59 Å². The molecule has 27 heavy (non-hydrogen) atoms. The molecule has 0 saturated carbocycles. The number of nitrogens with zero attached hydrogens (tertiary/aromatic N) is 3. The van der Waals surface area contributed by atoms with E-state index in [1.807, 2.05) is 6.92 Å². The zero-order chi connectivity index (χ0) is 19.4. The first kappa shape index (κ1) is 19.1. The lowest BCUT2D eigenvalue weighted by molar-refractivity contribution is 0.0949. The highest BCUT2D eigenvalue weighted by atomic mass is 35.5. The summed E-state index contributed by atoms with van der Waals surface area (Å²) in [6, 6.07) is 11.9. The van der Waals surface area contributed by atoms with Crippen molar-refractivity contribution in [3.8, 4) is 0 Å². The van der Waals surface area contributed by atoms with Gasteiger partial charge in [0.15, 0.2) is 5.69 Å². The van der Waals surface area contributed by atoms with Gasteiger partial charge in [0, 0.05) is 17.5 Å².